The Labute approximate surface area is 156 Å². The van der Waals surface area contributed by atoms with Gasteiger partial charge in [0.25, 0.3) is 5.91 Å². The molecule has 2 heterocycles. The zero-order valence-corrected chi connectivity index (χ0v) is 15.1. The van der Waals surface area contributed by atoms with Crippen molar-refractivity contribution in [3.63, 3.8) is 0 Å². The summed E-state index contributed by atoms with van der Waals surface area (Å²) in [6, 6.07) is 10.5. The fraction of sp³-hybridized carbons (Fsp3) is 0.158. The van der Waals surface area contributed by atoms with Crippen molar-refractivity contribution < 1.29 is 13.9 Å². The number of pyridine rings is 1. The lowest BCUT2D eigenvalue weighted by Gasteiger charge is -2.13. The van der Waals surface area contributed by atoms with Crippen molar-refractivity contribution >= 4 is 29.0 Å². The Hall–Kier alpha value is -2.99. The third-order valence-corrected chi connectivity index (χ3v) is 4.18. The van der Waals surface area contributed by atoms with E-state index in [-0.39, 0.29) is 5.91 Å². The predicted molar refractivity (Wildman–Crippen MR) is 100 cm³/mol. The van der Waals surface area contributed by atoms with Crippen LogP contribution in [-0.4, -0.2) is 18.0 Å². The minimum atomic E-state index is -0.217. The molecule has 1 amide bonds. The first-order chi connectivity index (χ1) is 12.6. The van der Waals surface area contributed by atoms with Crippen molar-refractivity contribution in [2.75, 3.05) is 12.4 Å². The number of nitrogens with one attached hydrogen (secondary N) is 2. The number of halogens is 1. The van der Waals surface area contributed by atoms with Gasteiger partial charge in [-0.2, -0.15) is 0 Å². The molecule has 2 N–H and O–H groups in total. The van der Waals surface area contributed by atoms with E-state index in [1.807, 2.05) is 13.0 Å². The van der Waals surface area contributed by atoms with E-state index in [9.17, 15) is 4.79 Å². The predicted octanol–water partition coefficient (Wildman–Crippen LogP) is 4.32. The summed E-state index contributed by atoms with van der Waals surface area (Å²) < 4.78 is 10.6. The van der Waals surface area contributed by atoms with Crippen LogP contribution in [0.5, 0.6) is 5.75 Å². The van der Waals surface area contributed by atoms with Crippen LogP contribution in [0.1, 0.15) is 21.7 Å². The number of benzene rings is 1. The third-order valence-electron chi connectivity index (χ3n) is 3.77. The summed E-state index contributed by atoms with van der Waals surface area (Å²) in [5.74, 6) is 1.59. The highest BCUT2D eigenvalue weighted by Crippen LogP contribution is 2.32. The molecule has 0 saturated carbocycles. The maximum atomic E-state index is 12.3. The number of amides is 1. The number of aromatic nitrogens is 1. The topological polar surface area (TPSA) is 76.4 Å². The van der Waals surface area contributed by atoms with Crippen LogP contribution in [0.2, 0.25) is 5.02 Å². The van der Waals surface area contributed by atoms with Crippen molar-refractivity contribution in [3.05, 3.63) is 70.8 Å². The van der Waals surface area contributed by atoms with Crippen LogP contribution in [0.3, 0.4) is 0 Å². The van der Waals surface area contributed by atoms with Gasteiger partial charge in [0, 0.05) is 22.8 Å². The molecule has 0 radical (unpaired) electrons. The highest BCUT2D eigenvalue weighted by Gasteiger charge is 2.11. The van der Waals surface area contributed by atoms with E-state index in [0.717, 1.165) is 11.3 Å². The Balaban J connectivity index is 1.75. The van der Waals surface area contributed by atoms with Gasteiger partial charge in [0.2, 0.25) is 0 Å². The Kier molecular flexibility index (Phi) is 5.43. The highest BCUT2D eigenvalue weighted by atomic mass is 35.5. The number of anilines is 2. The van der Waals surface area contributed by atoms with Gasteiger partial charge in [-0.1, -0.05) is 11.6 Å². The Morgan fingerprint density at radius 2 is 2.15 bits per heavy atom. The minimum absolute atomic E-state index is 0.217. The van der Waals surface area contributed by atoms with Gasteiger partial charge >= 0.3 is 0 Å². The Morgan fingerprint density at radius 1 is 1.31 bits per heavy atom. The van der Waals surface area contributed by atoms with Gasteiger partial charge in [0.1, 0.15) is 17.3 Å². The first-order valence-corrected chi connectivity index (χ1v) is 8.32. The molecule has 26 heavy (non-hydrogen) atoms. The quantitative estimate of drug-likeness (QED) is 0.674. The molecule has 134 valence electrons. The molecule has 0 spiro atoms. The Bertz CT molecular complexity index is 910. The molecule has 0 aliphatic rings. The van der Waals surface area contributed by atoms with E-state index >= 15 is 0 Å². The molecule has 2 aromatic heterocycles. The molecule has 0 unspecified atom stereocenters. The van der Waals surface area contributed by atoms with Crippen molar-refractivity contribution in [1.82, 2.24) is 10.3 Å². The van der Waals surface area contributed by atoms with Gasteiger partial charge in [-0.25, -0.2) is 4.98 Å². The number of ether oxygens (including phenoxy) is 1. The van der Waals surface area contributed by atoms with Gasteiger partial charge in [-0.15, -0.1) is 0 Å². The van der Waals surface area contributed by atoms with Gasteiger partial charge in [0.15, 0.2) is 0 Å². The fourth-order valence-corrected chi connectivity index (χ4v) is 2.54. The molecule has 0 bridgehead atoms. The van der Waals surface area contributed by atoms with E-state index < -0.39 is 0 Å². The summed E-state index contributed by atoms with van der Waals surface area (Å²) in [5, 5.41) is 6.58. The van der Waals surface area contributed by atoms with Crippen LogP contribution in [0, 0.1) is 6.92 Å². The number of hydrogen-bond donors (Lipinski definition) is 2. The number of aryl methyl sites for hydroxylation is 1. The lowest BCUT2D eigenvalue weighted by molar-refractivity contribution is 0.0948. The molecule has 6 nitrogen and oxygen atoms in total. The second-order valence-corrected chi connectivity index (χ2v) is 6.03. The number of methoxy groups -OCH3 is 1. The van der Waals surface area contributed by atoms with Crippen molar-refractivity contribution in [2.45, 2.75) is 13.5 Å². The number of hydrogen-bond acceptors (Lipinski definition) is 5. The zero-order valence-electron chi connectivity index (χ0n) is 14.4. The van der Waals surface area contributed by atoms with Crippen molar-refractivity contribution in [2.24, 2.45) is 0 Å². The fourth-order valence-electron chi connectivity index (χ4n) is 2.39. The molecule has 0 fully saturated rings. The molecule has 1 aromatic carbocycles. The molecule has 0 aliphatic carbocycles. The van der Waals surface area contributed by atoms with Crippen LogP contribution in [0.15, 0.2) is 53.3 Å². The summed E-state index contributed by atoms with van der Waals surface area (Å²) in [6.07, 6.45) is 3.14. The molecule has 0 saturated heterocycles. The molecule has 3 rings (SSSR count). The van der Waals surface area contributed by atoms with Gasteiger partial charge in [-0.05, 0) is 42.8 Å². The Morgan fingerprint density at radius 3 is 2.88 bits per heavy atom. The highest BCUT2D eigenvalue weighted by molar-refractivity contribution is 6.31. The number of rotatable bonds is 6. The number of carbonyl (C=O) groups is 1. The number of furan rings is 1. The van der Waals surface area contributed by atoms with Crippen molar-refractivity contribution in [1.29, 1.82) is 0 Å². The normalized spacial score (nSPS) is 10.4. The molecule has 0 aliphatic heterocycles. The monoisotopic (exact) mass is 371 g/mol. The molecular formula is C19H18ClN3O3. The standard InChI is InChI=1S/C19H18ClN3O3/c1-12-8-16(17(25-2)10-15(12)20)23-18-9-13(5-6-21-18)19(24)22-11-14-4-3-7-26-14/h3-10H,11H2,1-2H3,(H,21,23)(H,22,24). The average Bonchev–Trinajstić information content (AvgIpc) is 3.16. The summed E-state index contributed by atoms with van der Waals surface area (Å²) in [6.45, 7) is 2.22. The third kappa shape index (κ3) is 4.15. The second kappa shape index (κ2) is 7.93. The smallest absolute Gasteiger partial charge is 0.251 e. The van der Waals surface area contributed by atoms with E-state index in [4.69, 9.17) is 20.8 Å². The molecule has 0 atom stereocenters. The summed E-state index contributed by atoms with van der Waals surface area (Å²) in [7, 11) is 1.57. The zero-order chi connectivity index (χ0) is 18.5. The lowest BCUT2D eigenvalue weighted by Crippen LogP contribution is -2.22. The number of nitrogens with zero attached hydrogens (tertiary/aromatic N) is 1. The maximum absolute atomic E-state index is 12.3. The summed E-state index contributed by atoms with van der Waals surface area (Å²) in [4.78, 5) is 16.6. The van der Waals surface area contributed by atoms with E-state index in [2.05, 4.69) is 15.6 Å². The van der Waals surface area contributed by atoms with Crippen LogP contribution in [0.4, 0.5) is 11.5 Å². The van der Waals surface area contributed by atoms with Crippen LogP contribution >= 0.6 is 11.6 Å². The van der Waals surface area contributed by atoms with Gasteiger partial charge in [0.05, 0.1) is 25.6 Å². The molecular weight excluding hydrogens is 354 g/mol. The van der Waals surface area contributed by atoms with Crippen molar-refractivity contribution in [3.8, 4) is 5.75 Å². The first kappa shape index (κ1) is 17.8. The lowest BCUT2D eigenvalue weighted by atomic mass is 10.2. The maximum Gasteiger partial charge on any atom is 0.251 e. The summed E-state index contributed by atoms with van der Waals surface area (Å²) in [5.41, 5.74) is 2.11. The molecule has 3 aromatic rings. The molecule has 7 heteroatoms. The van der Waals surface area contributed by atoms with Crippen LogP contribution in [0.25, 0.3) is 0 Å². The van der Waals surface area contributed by atoms with Crippen LogP contribution in [-0.2, 0) is 6.54 Å². The SMILES string of the molecule is COc1cc(Cl)c(C)cc1Nc1cc(C(=O)NCc2ccco2)ccn1. The van der Waals surface area contributed by atoms with E-state index in [1.54, 1.807) is 49.9 Å². The number of carbonyl (C=O) groups excluding carboxylic acids is 1. The second-order valence-electron chi connectivity index (χ2n) is 5.62. The largest absolute Gasteiger partial charge is 0.495 e. The minimum Gasteiger partial charge on any atom is -0.495 e. The van der Waals surface area contributed by atoms with E-state index in [0.29, 0.717) is 34.5 Å². The van der Waals surface area contributed by atoms with Gasteiger partial charge in [-0.3, -0.25) is 4.79 Å². The summed E-state index contributed by atoms with van der Waals surface area (Å²) >= 11 is 6.13. The first-order valence-electron chi connectivity index (χ1n) is 7.94. The average molecular weight is 372 g/mol. The van der Waals surface area contributed by atoms with Crippen LogP contribution < -0.4 is 15.4 Å². The van der Waals surface area contributed by atoms with E-state index in [1.165, 1.54) is 0 Å². The van der Waals surface area contributed by atoms with Gasteiger partial charge < -0.3 is 19.8 Å².